The minimum atomic E-state index is 0.271. The molecule has 4 nitrogen and oxygen atoms in total. The summed E-state index contributed by atoms with van der Waals surface area (Å²) >= 11 is 0. The number of ether oxygens (including phenoxy) is 4. The maximum absolute atomic E-state index is 5.69. The molecular formula is C36H68O4. The van der Waals surface area contributed by atoms with E-state index in [1.807, 2.05) is 28.4 Å². The maximum atomic E-state index is 5.69. The van der Waals surface area contributed by atoms with Crippen LogP contribution in [0.5, 0.6) is 0 Å². The fraction of sp³-hybridized carbons (Fsp3) is 1.00. The van der Waals surface area contributed by atoms with Crippen molar-refractivity contribution in [1.29, 1.82) is 0 Å². The van der Waals surface area contributed by atoms with E-state index in [1.165, 1.54) is 141 Å². The van der Waals surface area contributed by atoms with Crippen LogP contribution in [0.1, 0.15) is 141 Å². The van der Waals surface area contributed by atoms with Gasteiger partial charge in [-0.3, -0.25) is 0 Å². The van der Waals surface area contributed by atoms with Crippen molar-refractivity contribution in [3.05, 3.63) is 0 Å². The Kier molecular flexibility index (Phi) is 16.5. The Morgan fingerprint density at radius 3 is 1.00 bits per heavy atom. The molecule has 0 bridgehead atoms. The molecule has 0 heterocycles. The van der Waals surface area contributed by atoms with Gasteiger partial charge in [-0.05, 0) is 62.2 Å². The lowest BCUT2D eigenvalue weighted by Gasteiger charge is -2.48. The van der Waals surface area contributed by atoms with Crippen LogP contribution in [0, 0.1) is 34.5 Å². The second kappa shape index (κ2) is 19.2. The zero-order chi connectivity index (χ0) is 28.5. The summed E-state index contributed by atoms with van der Waals surface area (Å²) in [4.78, 5) is 0. The predicted octanol–water partition coefficient (Wildman–Crippen LogP) is 9.63. The third kappa shape index (κ3) is 10.5. The molecule has 0 aromatic rings. The Labute approximate surface area is 249 Å². The lowest BCUT2D eigenvalue weighted by molar-refractivity contribution is -0.0888. The molecule has 0 aromatic carbocycles. The second-order valence-electron chi connectivity index (χ2n) is 14.6. The Morgan fingerprint density at radius 2 is 0.700 bits per heavy atom. The molecule has 4 rings (SSSR count). The second-order valence-corrected chi connectivity index (χ2v) is 14.6. The Hall–Kier alpha value is -0.160. The SMILES string of the molecule is COCC(COC)(C1CCCCC1)C1CCCCC1.COCC(COC)(CC1CCCCC1)CC1CCCCC1. The molecule has 0 N–H and O–H groups in total. The first kappa shape index (κ1) is 34.3. The molecule has 0 aliphatic heterocycles. The molecule has 0 amide bonds. The van der Waals surface area contributed by atoms with E-state index in [9.17, 15) is 0 Å². The van der Waals surface area contributed by atoms with Gasteiger partial charge in [-0.15, -0.1) is 0 Å². The third-order valence-corrected chi connectivity index (χ3v) is 11.5. The summed E-state index contributed by atoms with van der Waals surface area (Å²) in [6, 6.07) is 0. The molecule has 40 heavy (non-hydrogen) atoms. The summed E-state index contributed by atoms with van der Waals surface area (Å²) in [7, 11) is 7.48. The largest absolute Gasteiger partial charge is 0.384 e. The van der Waals surface area contributed by atoms with Crippen molar-refractivity contribution in [3.8, 4) is 0 Å². The van der Waals surface area contributed by atoms with Gasteiger partial charge in [0, 0.05) is 39.3 Å². The van der Waals surface area contributed by atoms with Crippen LogP contribution in [0.2, 0.25) is 0 Å². The molecule has 0 spiro atoms. The summed E-state index contributed by atoms with van der Waals surface area (Å²) in [6.07, 6.45) is 31.1. The Morgan fingerprint density at radius 1 is 0.400 bits per heavy atom. The van der Waals surface area contributed by atoms with Crippen LogP contribution < -0.4 is 0 Å². The third-order valence-electron chi connectivity index (χ3n) is 11.5. The van der Waals surface area contributed by atoms with Crippen LogP contribution in [0.4, 0.5) is 0 Å². The van der Waals surface area contributed by atoms with Gasteiger partial charge in [0.05, 0.1) is 26.4 Å². The monoisotopic (exact) mass is 565 g/mol. The summed E-state index contributed by atoms with van der Waals surface area (Å²) < 4.78 is 22.7. The zero-order valence-electron chi connectivity index (χ0n) is 27.3. The van der Waals surface area contributed by atoms with Gasteiger partial charge in [0.25, 0.3) is 0 Å². The maximum Gasteiger partial charge on any atom is 0.0546 e. The van der Waals surface area contributed by atoms with Crippen molar-refractivity contribution < 1.29 is 18.9 Å². The summed E-state index contributed by atoms with van der Waals surface area (Å²) in [6.45, 7) is 3.56. The van der Waals surface area contributed by atoms with Gasteiger partial charge in [0.15, 0.2) is 0 Å². The highest BCUT2D eigenvalue weighted by molar-refractivity contribution is 4.94. The fourth-order valence-electron chi connectivity index (χ4n) is 9.72. The van der Waals surface area contributed by atoms with Crippen LogP contribution in [-0.4, -0.2) is 54.9 Å². The van der Waals surface area contributed by atoms with E-state index in [1.54, 1.807) is 0 Å². The van der Waals surface area contributed by atoms with E-state index in [0.717, 1.165) is 50.1 Å². The average Bonchev–Trinajstić information content (AvgIpc) is 2.99. The highest BCUT2D eigenvalue weighted by atomic mass is 16.5. The summed E-state index contributed by atoms with van der Waals surface area (Å²) in [5.41, 5.74) is 0.567. The molecule has 4 fully saturated rings. The van der Waals surface area contributed by atoms with Gasteiger partial charge >= 0.3 is 0 Å². The highest BCUT2D eigenvalue weighted by Gasteiger charge is 2.45. The highest BCUT2D eigenvalue weighted by Crippen LogP contribution is 2.49. The van der Waals surface area contributed by atoms with E-state index in [-0.39, 0.29) is 5.41 Å². The van der Waals surface area contributed by atoms with Crippen molar-refractivity contribution in [3.63, 3.8) is 0 Å². The first-order valence-corrected chi connectivity index (χ1v) is 17.6. The van der Waals surface area contributed by atoms with Gasteiger partial charge in [-0.25, -0.2) is 0 Å². The van der Waals surface area contributed by atoms with Crippen LogP contribution in [0.15, 0.2) is 0 Å². The van der Waals surface area contributed by atoms with E-state index in [2.05, 4.69) is 0 Å². The molecule has 4 aliphatic carbocycles. The minimum Gasteiger partial charge on any atom is -0.384 e. The topological polar surface area (TPSA) is 36.9 Å². The number of hydrogen-bond donors (Lipinski definition) is 0. The van der Waals surface area contributed by atoms with E-state index in [4.69, 9.17) is 18.9 Å². The molecule has 4 aliphatic rings. The van der Waals surface area contributed by atoms with Crippen LogP contribution >= 0.6 is 0 Å². The zero-order valence-corrected chi connectivity index (χ0v) is 27.3. The molecule has 0 saturated heterocycles. The Bertz CT molecular complexity index is 558. The van der Waals surface area contributed by atoms with Crippen molar-refractivity contribution >= 4 is 0 Å². The van der Waals surface area contributed by atoms with Crippen LogP contribution in [-0.2, 0) is 18.9 Å². The lowest BCUT2D eigenvalue weighted by atomic mass is 9.59. The van der Waals surface area contributed by atoms with Crippen LogP contribution in [0.25, 0.3) is 0 Å². The van der Waals surface area contributed by atoms with E-state index in [0.29, 0.717) is 5.41 Å². The minimum absolute atomic E-state index is 0.271. The van der Waals surface area contributed by atoms with Gasteiger partial charge < -0.3 is 18.9 Å². The fourth-order valence-corrected chi connectivity index (χ4v) is 9.72. The lowest BCUT2D eigenvalue weighted by Crippen LogP contribution is -2.47. The molecule has 4 saturated carbocycles. The normalized spacial score (nSPS) is 23.1. The van der Waals surface area contributed by atoms with Gasteiger partial charge in [0.2, 0.25) is 0 Å². The smallest absolute Gasteiger partial charge is 0.0546 e. The number of rotatable bonds is 14. The number of hydrogen-bond acceptors (Lipinski definition) is 4. The molecule has 0 aromatic heterocycles. The Balaban J connectivity index is 0.000000222. The molecule has 0 unspecified atom stereocenters. The van der Waals surface area contributed by atoms with Gasteiger partial charge in [-0.2, -0.15) is 0 Å². The van der Waals surface area contributed by atoms with Crippen molar-refractivity contribution in [2.75, 3.05) is 54.9 Å². The first-order valence-electron chi connectivity index (χ1n) is 17.6. The first-order chi connectivity index (χ1) is 19.6. The van der Waals surface area contributed by atoms with E-state index < -0.39 is 0 Å². The molecule has 4 heteroatoms. The standard InChI is InChI=1S/C19H36O2.C17H32O2/c1-20-15-19(16-21-2,13-17-9-5-3-6-10-17)14-18-11-7-4-8-12-18;1-18-13-17(14-19-2,15-9-5-3-6-10-15)16-11-7-4-8-12-16/h17-18H,3-16H2,1-2H3;15-16H,3-14H2,1-2H3. The van der Waals surface area contributed by atoms with Crippen molar-refractivity contribution in [1.82, 2.24) is 0 Å². The quantitative estimate of drug-likeness (QED) is 0.210. The van der Waals surface area contributed by atoms with Gasteiger partial charge in [-0.1, -0.05) is 103 Å². The molecule has 0 atom stereocenters. The summed E-state index contributed by atoms with van der Waals surface area (Å²) in [5.74, 6) is 3.47. The average molecular weight is 565 g/mol. The molecule has 236 valence electrons. The van der Waals surface area contributed by atoms with Gasteiger partial charge in [0.1, 0.15) is 0 Å². The summed E-state index contributed by atoms with van der Waals surface area (Å²) in [5, 5.41) is 0. The number of methoxy groups -OCH3 is 4. The predicted molar refractivity (Wildman–Crippen MR) is 168 cm³/mol. The molecular weight excluding hydrogens is 496 g/mol. The van der Waals surface area contributed by atoms with Crippen LogP contribution in [0.3, 0.4) is 0 Å². The molecule has 0 radical (unpaired) electrons. The van der Waals surface area contributed by atoms with Crippen molar-refractivity contribution in [2.24, 2.45) is 34.5 Å². The van der Waals surface area contributed by atoms with E-state index >= 15 is 0 Å². The van der Waals surface area contributed by atoms with Crippen molar-refractivity contribution in [2.45, 2.75) is 141 Å².